The predicted molar refractivity (Wildman–Crippen MR) is 106 cm³/mol. The number of nitrogens with zero attached hydrogens (tertiary/aromatic N) is 2. The SMILES string of the molecule is C[Si](C)(Oc1cccc(N=C=O)c1)O[Si](C)(C)Oc1cccc(N=C=O)c1. The van der Waals surface area contributed by atoms with Crippen molar-refractivity contribution in [2.24, 2.45) is 9.98 Å². The summed E-state index contributed by atoms with van der Waals surface area (Å²) in [7, 11) is -5.19. The molecule has 0 aliphatic heterocycles. The zero-order valence-corrected chi connectivity index (χ0v) is 17.6. The van der Waals surface area contributed by atoms with Crippen molar-refractivity contribution in [2.45, 2.75) is 26.2 Å². The summed E-state index contributed by atoms with van der Waals surface area (Å²) in [4.78, 5) is 28.0. The van der Waals surface area contributed by atoms with Crippen LogP contribution in [0.2, 0.25) is 26.2 Å². The molecule has 0 N–H and O–H groups in total. The highest BCUT2D eigenvalue weighted by Crippen LogP contribution is 2.27. The first-order valence-corrected chi connectivity index (χ1v) is 13.8. The molecule has 2 rings (SSSR count). The fourth-order valence-corrected chi connectivity index (χ4v) is 9.00. The lowest BCUT2D eigenvalue weighted by molar-refractivity contribution is 0.334. The molecule has 0 bridgehead atoms. The summed E-state index contributed by atoms with van der Waals surface area (Å²) in [6.45, 7) is 7.64. The van der Waals surface area contributed by atoms with E-state index in [4.69, 9.17) is 13.0 Å². The number of aliphatic imine (C=N–C) groups is 2. The molecule has 140 valence electrons. The van der Waals surface area contributed by atoms with Crippen LogP contribution >= 0.6 is 0 Å². The zero-order valence-electron chi connectivity index (χ0n) is 15.6. The van der Waals surface area contributed by atoms with Gasteiger partial charge < -0.3 is 13.0 Å². The molecule has 0 aliphatic carbocycles. The van der Waals surface area contributed by atoms with Crippen LogP contribution in [0.15, 0.2) is 58.5 Å². The van der Waals surface area contributed by atoms with Crippen LogP contribution < -0.4 is 8.85 Å². The third-order valence-corrected chi connectivity index (χ3v) is 8.59. The Morgan fingerprint density at radius 2 is 1.15 bits per heavy atom. The second kappa shape index (κ2) is 8.72. The first kappa shape index (κ1) is 20.5. The van der Waals surface area contributed by atoms with Gasteiger partial charge in [0, 0.05) is 12.1 Å². The van der Waals surface area contributed by atoms with Gasteiger partial charge >= 0.3 is 17.1 Å². The quantitative estimate of drug-likeness (QED) is 0.370. The van der Waals surface area contributed by atoms with Crippen LogP contribution in [0.5, 0.6) is 11.5 Å². The third kappa shape index (κ3) is 6.78. The van der Waals surface area contributed by atoms with Crippen LogP contribution in [-0.2, 0) is 13.7 Å². The van der Waals surface area contributed by atoms with Gasteiger partial charge in [0.25, 0.3) is 0 Å². The van der Waals surface area contributed by atoms with Crippen molar-refractivity contribution < 1.29 is 22.6 Å². The number of rotatable bonds is 8. The molecule has 2 aromatic rings. The fourth-order valence-electron chi connectivity index (χ4n) is 2.54. The third-order valence-electron chi connectivity index (χ3n) is 3.20. The maximum Gasteiger partial charge on any atom is 0.384 e. The molecule has 0 unspecified atom stereocenters. The van der Waals surface area contributed by atoms with E-state index in [0.717, 1.165) is 0 Å². The minimum atomic E-state index is -2.60. The number of hydrogen-bond donors (Lipinski definition) is 0. The molecule has 0 saturated carbocycles. The van der Waals surface area contributed by atoms with Crippen molar-refractivity contribution in [3.05, 3.63) is 48.5 Å². The van der Waals surface area contributed by atoms with Gasteiger partial charge in [-0.15, -0.1) is 0 Å². The normalized spacial score (nSPS) is 11.1. The Kier molecular flexibility index (Phi) is 6.62. The van der Waals surface area contributed by atoms with E-state index >= 15 is 0 Å². The van der Waals surface area contributed by atoms with Gasteiger partial charge in [0.15, 0.2) is 0 Å². The molecule has 0 aromatic heterocycles. The van der Waals surface area contributed by atoms with E-state index in [2.05, 4.69) is 9.98 Å². The maximum absolute atomic E-state index is 10.4. The molecular formula is C18H20N2O5Si2. The zero-order chi connectivity index (χ0) is 19.9. The van der Waals surface area contributed by atoms with Crippen LogP contribution in [0.3, 0.4) is 0 Å². The Balaban J connectivity index is 2.10. The van der Waals surface area contributed by atoms with E-state index in [1.807, 2.05) is 26.2 Å². The average molecular weight is 401 g/mol. The fraction of sp³-hybridized carbons (Fsp3) is 0.222. The van der Waals surface area contributed by atoms with Gasteiger partial charge in [0.1, 0.15) is 11.5 Å². The Labute approximate surface area is 159 Å². The molecule has 9 heteroatoms. The second-order valence-corrected chi connectivity index (χ2v) is 13.3. The van der Waals surface area contributed by atoms with Gasteiger partial charge in [-0.2, -0.15) is 9.98 Å². The Morgan fingerprint density at radius 1 is 0.741 bits per heavy atom. The molecule has 0 saturated heterocycles. The lowest BCUT2D eigenvalue weighted by atomic mass is 10.3. The molecule has 7 nitrogen and oxygen atoms in total. The molecule has 0 heterocycles. The van der Waals surface area contributed by atoms with Crippen LogP contribution in [-0.4, -0.2) is 29.3 Å². The summed E-state index contributed by atoms with van der Waals surface area (Å²) in [5.74, 6) is 1.13. The summed E-state index contributed by atoms with van der Waals surface area (Å²) >= 11 is 0. The van der Waals surface area contributed by atoms with Crippen molar-refractivity contribution in [2.75, 3.05) is 0 Å². The largest absolute Gasteiger partial charge is 0.521 e. The monoisotopic (exact) mass is 400 g/mol. The average Bonchev–Trinajstić information content (AvgIpc) is 2.54. The van der Waals surface area contributed by atoms with Crippen LogP contribution in [0.1, 0.15) is 0 Å². The highest BCUT2D eigenvalue weighted by Gasteiger charge is 2.39. The van der Waals surface area contributed by atoms with Gasteiger partial charge in [-0.25, -0.2) is 9.59 Å². The molecule has 0 amide bonds. The molecule has 0 aliphatic rings. The van der Waals surface area contributed by atoms with Gasteiger partial charge in [-0.1, -0.05) is 12.1 Å². The lowest BCUT2D eigenvalue weighted by Gasteiger charge is -2.33. The molecule has 0 radical (unpaired) electrons. The van der Waals surface area contributed by atoms with Crippen molar-refractivity contribution in [1.29, 1.82) is 0 Å². The predicted octanol–water partition coefficient (Wildman–Crippen LogP) is 4.50. The topological polar surface area (TPSA) is 86.6 Å². The smallest absolute Gasteiger partial charge is 0.384 e. The Bertz CT molecular complexity index is 831. The molecule has 2 aromatic carbocycles. The van der Waals surface area contributed by atoms with E-state index in [9.17, 15) is 9.59 Å². The van der Waals surface area contributed by atoms with E-state index in [-0.39, 0.29) is 0 Å². The minimum Gasteiger partial charge on any atom is -0.521 e. The first-order chi connectivity index (χ1) is 12.7. The standard InChI is InChI=1S/C18H20N2O5Si2/c1-26(2,23-17-9-5-7-15(11-17)19-13-21)25-27(3,4)24-18-10-6-8-16(12-18)20-14-22/h5-12H,1-4H3. The molecule has 27 heavy (non-hydrogen) atoms. The summed E-state index contributed by atoms with van der Waals surface area (Å²) < 4.78 is 18.3. The molecule has 0 fully saturated rings. The molecule has 0 atom stereocenters. The highest BCUT2D eigenvalue weighted by molar-refractivity contribution is 6.79. The first-order valence-electron chi connectivity index (χ1n) is 8.17. The second-order valence-electron chi connectivity index (χ2n) is 6.51. The van der Waals surface area contributed by atoms with Crippen LogP contribution in [0.25, 0.3) is 0 Å². The lowest BCUT2D eigenvalue weighted by Crippen LogP contribution is -2.52. The van der Waals surface area contributed by atoms with E-state index in [1.165, 1.54) is 12.2 Å². The van der Waals surface area contributed by atoms with Crippen LogP contribution in [0.4, 0.5) is 11.4 Å². The number of benzene rings is 2. The summed E-state index contributed by atoms with van der Waals surface area (Å²) in [6, 6.07) is 13.7. The summed E-state index contributed by atoms with van der Waals surface area (Å²) in [6.07, 6.45) is 3.02. The van der Waals surface area contributed by atoms with Gasteiger partial charge in [-0.3, -0.25) is 0 Å². The number of hydrogen-bond acceptors (Lipinski definition) is 7. The van der Waals surface area contributed by atoms with Gasteiger partial charge in [0.05, 0.1) is 11.4 Å². The summed E-state index contributed by atoms with van der Waals surface area (Å²) in [5.41, 5.74) is 0.931. The van der Waals surface area contributed by atoms with Crippen molar-refractivity contribution >= 4 is 40.7 Å². The van der Waals surface area contributed by atoms with Crippen molar-refractivity contribution in [3.8, 4) is 11.5 Å². The van der Waals surface area contributed by atoms with Gasteiger partial charge in [-0.05, 0) is 50.5 Å². The van der Waals surface area contributed by atoms with E-state index in [0.29, 0.717) is 22.9 Å². The molecular weight excluding hydrogens is 380 g/mol. The van der Waals surface area contributed by atoms with E-state index < -0.39 is 17.1 Å². The van der Waals surface area contributed by atoms with Crippen molar-refractivity contribution in [3.63, 3.8) is 0 Å². The minimum absolute atomic E-state index is 0.465. The summed E-state index contributed by atoms with van der Waals surface area (Å²) in [5, 5.41) is 0. The van der Waals surface area contributed by atoms with E-state index in [1.54, 1.807) is 48.5 Å². The molecule has 0 spiro atoms. The number of carbonyl (C=O) groups excluding carboxylic acids is 2. The number of isocyanates is 2. The van der Waals surface area contributed by atoms with Crippen LogP contribution in [0, 0.1) is 0 Å². The van der Waals surface area contributed by atoms with Crippen molar-refractivity contribution in [1.82, 2.24) is 0 Å². The maximum atomic E-state index is 10.4. The Hall–Kier alpha value is -2.81. The highest BCUT2D eigenvalue weighted by atomic mass is 28.5. The Morgan fingerprint density at radius 3 is 1.52 bits per heavy atom. The van der Waals surface area contributed by atoms with Gasteiger partial charge in [0.2, 0.25) is 12.2 Å².